The van der Waals surface area contributed by atoms with Gasteiger partial charge in [-0.3, -0.25) is 9.48 Å². The maximum absolute atomic E-state index is 13.1. The lowest BCUT2D eigenvalue weighted by molar-refractivity contribution is -0.187. The SMILES string of the molecule is CC(C)Cn1ncc(NC(=O)N2C[C@@H](C(F)(F)F)[C@H](C(=O)O)C2)c1C(C)C. The molecule has 27 heavy (non-hydrogen) atoms. The molecule has 0 saturated carbocycles. The Labute approximate surface area is 155 Å². The lowest BCUT2D eigenvalue weighted by atomic mass is 9.96. The van der Waals surface area contributed by atoms with E-state index in [0.717, 1.165) is 10.6 Å². The normalized spacial score (nSPS) is 20.6. The van der Waals surface area contributed by atoms with E-state index in [1.807, 2.05) is 27.7 Å². The molecule has 152 valence electrons. The molecule has 2 rings (SSSR count). The summed E-state index contributed by atoms with van der Waals surface area (Å²) in [6.07, 6.45) is -3.20. The molecule has 0 unspecified atom stereocenters. The molecular formula is C17H25F3N4O3. The van der Waals surface area contributed by atoms with Crippen LogP contribution in [0.5, 0.6) is 0 Å². The van der Waals surface area contributed by atoms with Crippen molar-refractivity contribution >= 4 is 17.7 Å². The first-order chi connectivity index (χ1) is 12.4. The van der Waals surface area contributed by atoms with Gasteiger partial charge in [-0.1, -0.05) is 27.7 Å². The van der Waals surface area contributed by atoms with E-state index in [9.17, 15) is 22.8 Å². The number of carboxylic acid groups (broad SMARTS) is 1. The van der Waals surface area contributed by atoms with E-state index in [1.165, 1.54) is 6.20 Å². The highest BCUT2D eigenvalue weighted by atomic mass is 19.4. The van der Waals surface area contributed by atoms with E-state index in [2.05, 4.69) is 10.4 Å². The van der Waals surface area contributed by atoms with Gasteiger partial charge in [0, 0.05) is 19.6 Å². The number of aromatic nitrogens is 2. The predicted octanol–water partition coefficient (Wildman–Crippen LogP) is 3.39. The third-order valence-corrected chi connectivity index (χ3v) is 4.55. The van der Waals surface area contributed by atoms with Crippen LogP contribution < -0.4 is 5.32 Å². The number of aliphatic carboxylic acids is 1. The molecule has 1 aromatic rings. The third-order valence-electron chi connectivity index (χ3n) is 4.55. The van der Waals surface area contributed by atoms with Gasteiger partial charge in [-0.05, 0) is 11.8 Å². The highest BCUT2D eigenvalue weighted by Gasteiger charge is 2.53. The third kappa shape index (κ3) is 4.72. The number of carbonyl (C=O) groups is 2. The summed E-state index contributed by atoms with van der Waals surface area (Å²) in [5.41, 5.74) is 1.20. The monoisotopic (exact) mass is 390 g/mol. The van der Waals surface area contributed by atoms with Crippen LogP contribution in [-0.2, 0) is 11.3 Å². The van der Waals surface area contributed by atoms with Crippen LogP contribution in [0, 0.1) is 17.8 Å². The lowest BCUT2D eigenvalue weighted by Gasteiger charge is -2.19. The molecule has 1 fully saturated rings. The predicted molar refractivity (Wildman–Crippen MR) is 92.4 cm³/mol. The first-order valence-electron chi connectivity index (χ1n) is 8.83. The number of carbonyl (C=O) groups excluding carboxylic acids is 1. The molecule has 0 spiro atoms. The van der Waals surface area contributed by atoms with E-state index in [-0.39, 0.29) is 5.92 Å². The first-order valence-corrected chi connectivity index (χ1v) is 8.83. The van der Waals surface area contributed by atoms with Crippen molar-refractivity contribution in [3.8, 4) is 0 Å². The summed E-state index contributed by atoms with van der Waals surface area (Å²) in [6.45, 7) is 7.39. The fourth-order valence-electron chi connectivity index (χ4n) is 3.34. The van der Waals surface area contributed by atoms with E-state index in [4.69, 9.17) is 5.11 Å². The van der Waals surface area contributed by atoms with Crippen molar-refractivity contribution in [2.45, 2.75) is 46.3 Å². The summed E-state index contributed by atoms with van der Waals surface area (Å²) in [5, 5.41) is 15.9. The van der Waals surface area contributed by atoms with E-state index < -0.39 is 43.1 Å². The van der Waals surface area contributed by atoms with Gasteiger partial charge in [0.15, 0.2) is 0 Å². The van der Waals surface area contributed by atoms with Crippen molar-refractivity contribution in [2.75, 3.05) is 18.4 Å². The Morgan fingerprint density at radius 2 is 1.93 bits per heavy atom. The van der Waals surface area contributed by atoms with E-state index in [1.54, 1.807) is 4.68 Å². The van der Waals surface area contributed by atoms with Gasteiger partial charge in [0.1, 0.15) is 0 Å². The summed E-state index contributed by atoms with van der Waals surface area (Å²) in [7, 11) is 0. The Hall–Kier alpha value is -2.26. The number of halogens is 3. The highest BCUT2D eigenvalue weighted by molar-refractivity contribution is 5.90. The molecule has 0 bridgehead atoms. The van der Waals surface area contributed by atoms with Gasteiger partial charge in [-0.2, -0.15) is 18.3 Å². The zero-order chi connectivity index (χ0) is 20.5. The number of hydrogen-bond acceptors (Lipinski definition) is 3. The Morgan fingerprint density at radius 1 is 1.30 bits per heavy atom. The molecule has 1 aliphatic heterocycles. The van der Waals surface area contributed by atoms with Crippen LogP contribution in [0.3, 0.4) is 0 Å². The highest BCUT2D eigenvalue weighted by Crippen LogP contribution is 2.38. The summed E-state index contributed by atoms with van der Waals surface area (Å²) in [6, 6.07) is -0.751. The van der Waals surface area contributed by atoms with Gasteiger partial charge in [0.25, 0.3) is 0 Å². The lowest BCUT2D eigenvalue weighted by Crippen LogP contribution is -2.35. The molecule has 1 aromatic heterocycles. The van der Waals surface area contributed by atoms with Gasteiger partial charge < -0.3 is 15.3 Å². The number of likely N-dealkylation sites (tertiary alicyclic amines) is 1. The van der Waals surface area contributed by atoms with Gasteiger partial charge in [0.2, 0.25) is 0 Å². The number of urea groups is 1. The number of rotatable bonds is 5. The first kappa shape index (κ1) is 21.0. The van der Waals surface area contributed by atoms with E-state index >= 15 is 0 Å². The van der Waals surface area contributed by atoms with Crippen LogP contribution >= 0.6 is 0 Å². The number of nitrogens with zero attached hydrogens (tertiary/aromatic N) is 3. The van der Waals surface area contributed by atoms with Crippen LogP contribution in [0.4, 0.5) is 23.7 Å². The fourth-order valence-corrected chi connectivity index (χ4v) is 3.34. The largest absolute Gasteiger partial charge is 0.481 e. The summed E-state index contributed by atoms with van der Waals surface area (Å²) in [4.78, 5) is 24.5. The molecule has 2 heterocycles. The Morgan fingerprint density at radius 3 is 2.37 bits per heavy atom. The number of anilines is 1. The van der Waals surface area contributed by atoms with Crippen molar-refractivity contribution < 1.29 is 27.9 Å². The van der Waals surface area contributed by atoms with Gasteiger partial charge in [-0.25, -0.2) is 4.79 Å². The zero-order valence-electron chi connectivity index (χ0n) is 15.7. The molecule has 0 aliphatic carbocycles. The average molecular weight is 390 g/mol. The molecule has 0 radical (unpaired) electrons. The van der Waals surface area contributed by atoms with Crippen molar-refractivity contribution in [1.82, 2.24) is 14.7 Å². The van der Waals surface area contributed by atoms with Gasteiger partial charge >= 0.3 is 18.2 Å². The van der Waals surface area contributed by atoms with Gasteiger partial charge in [0.05, 0.1) is 29.4 Å². The maximum atomic E-state index is 13.1. The Kier molecular flexibility index (Phi) is 6.06. The second kappa shape index (κ2) is 7.77. The molecule has 10 heteroatoms. The summed E-state index contributed by atoms with van der Waals surface area (Å²) in [5.74, 6) is -4.93. The van der Waals surface area contributed by atoms with Crippen LogP contribution in [-0.4, -0.2) is 51.1 Å². The molecule has 7 nitrogen and oxygen atoms in total. The molecule has 0 aromatic carbocycles. The smallest absolute Gasteiger partial charge is 0.394 e. The standard InChI is InChI=1S/C17H25F3N4O3/c1-9(2)6-24-14(10(3)4)13(5-21-24)22-16(27)23-7-11(15(25)26)12(8-23)17(18,19)20/h5,9-12H,6-8H2,1-4H3,(H,22,27)(H,25,26)/t11-,12-/m1/s1. The number of hydrogen-bond donors (Lipinski definition) is 2. The minimum Gasteiger partial charge on any atom is -0.481 e. The fraction of sp³-hybridized carbons (Fsp3) is 0.706. The quantitative estimate of drug-likeness (QED) is 0.807. The Balaban J connectivity index is 2.18. The molecule has 2 N–H and O–H groups in total. The van der Waals surface area contributed by atoms with Crippen LogP contribution in [0.15, 0.2) is 6.20 Å². The maximum Gasteiger partial charge on any atom is 0.394 e. The number of amides is 2. The molecule has 2 atom stereocenters. The minimum absolute atomic E-state index is 0.0369. The summed E-state index contributed by atoms with van der Waals surface area (Å²) < 4.78 is 41.1. The summed E-state index contributed by atoms with van der Waals surface area (Å²) >= 11 is 0. The van der Waals surface area contributed by atoms with Crippen molar-refractivity contribution in [1.29, 1.82) is 0 Å². The van der Waals surface area contributed by atoms with Crippen molar-refractivity contribution in [3.05, 3.63) is 11.9 Å². The van der Waals surface area contributed by atoms with Gasteiger partial charge in [-0.15, -0.1) is 0 Å². The second-order valence-corrected chi connectivity index (χ2v) is 7.60. The Bertz CT molecular complexity index is 700. The second-order valence-electron chi connectivity index (χ2n) is 7.60. The van der Waals surface area contributed by atoms with Crippen LogP contribution in [0.1, 0.15) is 39.3 Å². The number of nitrogens with one attached hydrogen (secondary N) is 1. The minimum atomic E-state index is -4.68. The average Bonchev–Trinajstić information content (AvgIpc) is 3.10. The van der Waals surface area contributed by atoms with Crippen molar-refractivity contribution in [3.63, 3.8) is 0 Å². The molecule has 1 aliphatic rings. The van der Waals surface area contributed by atoms with Crippen LogP contribution in [0.25, 0.3) is 0 Å². The molecule has 1 saturated heterocycles. The number of alkyl halides is 3. The zero-order valence-corrected chi connectivity index (χ0v) is 15.7. The number of carboxylic acids is 1. The van der Waals surface area contributed by atoms with Crippen molar-refractivity contribution in [2.24, 2.45) is 17.8 Å². The van der Waals surface area contributed by atoms with E-state index in [0.29, 0.717) is 18.2 Å². The molecule has 2 amide bonds. The topological polar surface area (TPSA) is 87.5 Å². The van der Waals surface area contributed by atoms with Crippen LogP contribution in [0.2, 0.25) is 0 Å². The molecular weight excluding hydrogens is 365 g/mol.